The molecule has 1 aromatic rings. The van der Waals surface area contributed by atoms with Crippen LogP contribution in [0.4, 0.5) is 0 Å². The van der Waals surface area contributed by atoms with Gasteiger partial charge < -0.3 is 4.74 Å². The molecule has 0 atom stereocenters. The molecule has 0 spiro atoms. The van der Waals surface area contributed by atoms with Crippen LogP contribution >= 0.6 is 0 Å². The van der Waals surface area contributed by atoms with Crippen LogP contribution in [0, 0.1) is 11.3 Å². The molecule has 0 saturated heterocycles. The van der Waals surface area contributed by atoms with Crippen LogP contribution in [0.5, 0.6) is 0 Å². The number of rotatable bonds is 3. The van der Waals surface area contributed by atoms with Gasteiger partial charge in [0.25, 0.3) is 0 Å². The number of allylic oxidation sites excluding steroid dienone is 2. The van der Waals surface area contributed by atoms with Crippen molar-refractivity contribution < 1.29 is 9.53 Å². The van der Waals surface area contributed by atoms with E-state index in [2.05, 4.69) is 54.3 Å². The van der Waals surface area contributed by atoms with Crippen molar-refractivity contribution in [3.05, 3.63) is 66.8 Å². The van der Waals surface area contributed by atoms with Gasteiger partial charge in [-0.3, -0.25) is 0 Å². The normalized spacial score (nSPS) is 10.4. The van der Waals surface area contributed by atoms with Crippen molar-refractivity contribution in [1.29, 1.82) is 5.26 Å². The maximum atomic E-state index is 10.1. The van der Waals surface area contributed by atoms with Crippen LogP contribution in [-0.4, -0.2) is 12.6 Å². The number of ether oxygens (including phenoxy) is 1. The highest BCUT2D eigenvalue weighted by Crippen LogP contribution is 2.29. The zero-order valence-corrected chi connectivity index (χ0v) is 12.4. The highest BCUT2D eigenvalue weighted by molar-refractivity contribution is 5.81. The van der Waals surface area contributed by atoms with Gasteiger partial charge in [0.1, 0.15) is 0 Å². The van der Waals surface area contributed by atoms with Gasteiger partial charge in [0.05, 0.1) is 12.7 Å². The SMILES string of the molecule is C(=C1CC1)c1ccccc1.C=CC#N.C=CC(=O)OCC. The number of benzene rings is 1. The third-order valence-corrected chi connectivity index (χ3v) is 2.25. The van der Waals surface area contributed by atoms with E-state index in [-0.39, 0.29) is 5.97 Å². The van der Waals surface area contributed by atoms with Crippen LogP contribution in [0.1, 0.15) is 25.3 Å². The summed E-state index contributed by atoms with van der Waals surface area (Å²) >= 11 is 0. The van der Waals surface area contributed by atoms with Crippen molar-refractivity contribution in [2.75, 3.05) is 6.61 Å². The van der Waals surface area contributed by atoms with Gasteiger partial charge >= 0.3 is 5.97 Å². The summed E-state index contributed by atoms with van der Waals surface area (Å²) in [6.07, 6.45) is 7.23. The van der Waals surface area contributed by atoms with Crippen molar-refractivity contribution in [3.8, 4) is 6.07 Å². The molecule has 0 unspecified atom stereocenters. The number of carbonyl (C=O) groups is 1. The smallest absolute Gasteiger partial charge is 0.330 e. The number of carbonyl (C=O) groups excluding carboxylic acids is 1. The second-order valence-corrected chi connectivity index (χ2v) is 4.00. The minimum Gasteiger partial charge on any atom is -0.463 e. The Morgan fingerprint density at radius 1 is 1.33 bits per heavy atom. The van der Waals surface area contributed by atoms with E-state index < -0.39 is 0 Å². The van der Waals surface area contributed by atoms with Gasteiger partial charge in [-0.15, -0.1) is 0 Å². The lowest BCUT2D eigenvalue weighted by Gasteiger charge is -1.90. The third kappa shape index (κ3) is 12.2. The van der Waals surface area contributed by atoms with Crippen LogP contribution in [0.25, 0.3) is 6.08 Å². The maximum absolute atomic E-state index is 10.1. The van der Waals surface area contributed by atoms with Crippen molar-refractivity contribution in [2.45, 2.75) is 19.8 Å². The van der Waals surface area contributed by atoms with E-state index in [4.69, 9.17) is 5.26 Å². The molecule has 0 heterocycles. The summed E-state index contributed by atoms with van der Waals surface area (Å²) in [5.41, 5.74) is 2.93. The lowest BCUT2D eigenvalue weighted by atomic mass is 10.2. The summed E-state index contributed by atoms with van der Waals surface area (Å²) in [6, 6.07) is 12.2. The molecule has 3 nitrogen and oxygen atoms in total. The first-order valence-electron chi connectivity index (χ1n) is 6.72. The molecule has 0 bridgehead atoms. The zero-order chi connectivity index (χ0) is 15.9. The summed E-state index contributed by atoms with van der Waals surface area (Å²) in [5, 5.41) is 7.51. The molecule has 1 aliphatic carbocycles. The number of nitriles is 1. The molecule has 0 N–H and O–H groups in total. The van der Waals surface area contributed by atoms with Crippen molar-refractivity contribution >= 4 is 12.0 Å². The number of hydrogen-bond donors (Lipinski definition) is 0. The van der Waals surface area contributed by atoms with E-state index in [9.17, 15) is 4.79 Å². The first-order chi connectivity index (χ1) is 10.2. The molecule has 2 rings (SSSR count). The highest BCUT2D eigenvalue weighted by atomic mass is 16.5. The van der Waals surface area contributed by atoms with Gasteiger partial charge in [0.2, 0.25) is 0 Å². The van der Waals surface area contributed by atoms with E-state index in [0.29, 0.717) is 6.61 Å². The lowest BCUT2D eigenvalue weighted by Crippen LogP contribution is -1.97. The standard InChI is InChI=1S/C10H10.C5H8O2.C3H3N/c1-2-4-9(5-3-1)8-10-6-7-10;1-3-5(6)7-4-2;1-2-3-4/h1-5,8H,6-7H2;3H,1,4H2,2H3;2H,1H2. The van der Waals surface area contributed by atoms with E-state index in [1.165, 1.54) is 24.5 Å². The van der Waals surface area contributed by atoms with E-state index in [0.717, 1.165) is 6.08 Å². The molecule has 1 aliphatic rings. The largest absolute Gasteiger partial charge is 0.463 e. The van der Waals surface area contributed by atoms with Gasteiger partial charge in [-0.1, -0.05) is 55.1 Å². The monoisotopic (exact) mass is 283 g/mol. The molecule has 1 fully saturated rings. The third-order valence-electron chi connectivity index (χ3n) is 2.25. The molecule has 3 heteroatoms. The Hall–Kier alpha value is -2.60. The second kappa shape index (κ2) is 12.4. The van der Waals surface area contributed by atoms with Crippen molar-refractivity contribution in [1.82, 2.24) is 0 Å². The average Bonchev–Trinajstić information content (AvgIpc) is 3.33. The highest BCUT2D eigenvalue weighted by Gasteiger charge is 2.09. The van der Waals surface area contributed by atoms with Gasteiger partial charge in [-0.2, -0.15) is 5.26 Å². The molecule has 0 radical (unpaired) electrons. The van der Waals surface area contributed by atoms with Crippen LogP contribution in [0.3, 0.4) is 0 Å². The number of esters is 1. The van der Waals surface area contributed by atoms with Crippen LogP contribution in [0.15, 0.2) is 61.2 Å². The fraction of sp³-hybridized carbons (Fsp3) is 0.222. The van der Waals surface area contributed by atoms with Gasteiger partial charge in [0, 0.05) is 12.2 Å². The Labute approximate surface area is 126 Å². The van der Waals surface area contributed by atoms with Crippen molar-refractivity contribution in [2.24, 2.45) is 0 Å². The van der Waals surface area contributed by atoms with E-state index in [1.54, 1.807) is 18.6 Å². The average molecular weight is 283 g/mol. The van der Waals surface area contributed by atoms with Gasteiger partial charge in [-0.25, -0.2) is 4.79 Å². The summed E-state index contributed by atoms with van der Waals surface area (Å²) in [4.78, 5) is 10.1. The maximum Gasteiger partial charge on any atom is 0.330 e. The van der Waals surface area contributed by atoms with Crippen LogP contribution in [-0.2, 0) is 9.53 Å². The molecule has 0 aromatic heterocycles. The molecular formula is C18H21NO2. The number of nitrogens with zero attached hydrogens (tertiary/aromatic N) is 1. The first kappa shape index (κ1) is 18.4. The molecule has 1 aromatic carbocycles. The quantitative estimate of drug-likeness (QED) is 0.472. The Morgan fingerprint density at radius 2 is 1.90 bits per heavy atom. The van der Waals surface area contributed by atoms with Crippen LogP contribution in [0.2, 0.25) is 0 Å². The van der Waals surface area contributed by atoms with Crippen LogP contribution < -0.4 is 0 Å². The minimum atomic E-state index is -0.359. The van der Waals surface area contributed by atoms with Crippen molar-refractivity contribution in [3.63, 3.8) is 0 Å². The molecule has 0 aliphatic heterocycles. The Bertz CT molecular complexity index is 504. The molecule has 21 heavy (non-hydrogen) atoms. The summed E-state index contributed by atoms with van der Waals surface area (Å²) < 4.78 is 4.43. The summed E-state index contributed by atoms with van der Waals surface area (Å²) in [5.74, 6) is -0.359. The fourth-order valence-electron chi connectivity index (χ4n) is 1.20. The van der Waals surface area contributed by atoms with Gasteiger partial charge in [-0.05, 0) is 25.3 Å². The number of hydrogen-bond acceptors (Lipinski definition) is 3. The first-order valence-corrected chi connectivity index (χ1v) is 6.72. The summed E-state index contributed by atoms with van der Waals surface area (Å²) in [7, 11) is 0. The van der Waals surface area contributed by atoms with E-state index in [1.807, 2.05) is 0 Å². The predicted molar refractivity (Wildman–Crippen MR) is 86.3 cm³/mol. The zero-order valence-electron chi connectivity index (χ0n) is 12.4. The fourth-order valence-corrected chi connectivity index (χ4v) is 1.20. The van der Waals surface area contributed by atoms with E-state index >= 15 is 0 Å². The second-order valence-electron chi connectivity index (χ2n) is 4.00. The predicted octanol–water partition coefficient (Wildman–Crippen LogP) is 4.30. The minimum absolute atomic E-state index is 0.359. The molecular weight excluding hydrogens is 262 g/mol. The molecule has 0 amide bonds. The Balaban J connectivity index is 0.000000321. The molecule has 110 valence electrons. The Kier molecular flexibility index (Phi) is 10.9. The Morgan fingerprint density at radius 3 is 2.24 bits per heavy atom. The molecule has 1 saturated carbocycles. The summed E-state index contributed by atoms with van der Waals surface area (Å²) in [6.45, 7) is 8.50. The topological polar surface area (TPSA) is 50.1 Å². The lowest BCUT2D eigenvalue weighted by molar-refractivity contribution is -0.137. The van der Waals surface area contributed by atoms with Gasteiger partial charge in [0.15, 0.2) is 0 Å².